The number of benzene rings is 1. The summed E-state index contributed by atoms with van der Waals surface area (Å²) in [5, 5.41) is 0. The molecule has 0 fully saturated rings. The Bertz CT molecular complexity index is 640. The largest absolute Gasteiger partial charge is 0.267 e. The lowest BCUT2D eigenvalue weighted by Crippen LogP contribution is -2.42. The molecule has 0 aliphatic carbocycles. The summed E-state index contributed by atoms with van der Waals surface area (Å²) in [5.74, 6) is 0. The van der Waals surface area contributed by atoms with Gasteiger partial charge in [-0.1, -0.05) is 36.4 Å². The SMILES string of the molecule is c1cc[n+](OCc2ccccc2CO[n+]2ccccc2)cc1. The van der Waals surface area contributed by atoms with Gasteiger partial charge in [-0.15, -0.1) is 0 Å². The van der Waals surface area contributed by atoms with Crippen LogP contribution in [0.25, 0.3) is 0 Å². The minimum absolute atomic E-state index is 0.494. The molecule has 0 atom stereocenters. The summed E-state index contributed by atoms with van der Waals surface area (Å²) in [6, 6.07) is 19.8. The standard InChI is InChI=1S/C18H18N2O2/c1-5-11-19(12-6-1)21-15-17-9-3-4-10-18(17)16-22-20-13-7-2-8-14-20/h1-14H,15-16H2/q+2. The van der Waals surface area contributed by atoms with E-state index in [4.69, 9.17) is 9.68 Å². The van der Waals surface area contributed by atoms with Crippen LogP contribution in [-0.4, -0.2) is 0 Å². The van der Waals surface area contributed by atoms with E-state index in [1.807, 2.05) is 73.3 Å². The monoisotopic (exact) mass is 294 g/mol. The third-order valence-electron chi connectivity index (χ3n) is 3.23. The molecule has 3 aromatic rings. The van der Waals surface area contributed by atoms with E-state index < -0.39 is 0 Å². The normalized spacial score (nSPS) is 10.2. The van der Waals surface area contributed by atoms with E-state index in [1.165, 1.54) is 0 Å². The lowest BCUT2D eigenvalue weighted by atomic mass is 10.1. The summed E-state index contributed by atoms with van der Waals surface area (Å²) in [4.78, 5) is 11.5. The van der Waals surface area contributed by atoms with Crippen LogP contribution >= 0.6 is 0 Å². The lowest BCUT2D eigenvalue weighted by Gasteiger charge is -2.06. The first-order chi connectivity index (χ1) is 10.9. The zero-order chi connectivity index (χ0) is 15.0. The molecule has 0 spiro atoms. The summed E-state index contributed by atoms with van der Waals surface area (Å²) in [6.45, 7) is 0.987. The highest BCUT2D eigenvalue weighted by atomic mass is 16.7. The fourth-order valence-electron chi connectivity index (χ4n) is 2.07. The molecule has 4 nitrogen and oxygen atoms in total. The molecular weight excluding hydrogens is 276 g/mol. The van der Waals surface area contributed by atoms with Gasteiger partial charge in [0.15, 0.2) is 13.2 Å². The van der Waals surface area contributed by atoms with E-state index in [0.29, 0.717) is 13.2 Å². The van der Waals surface area contributed by atoms with Crippen molar-refractivity contribution in [1.82, 2.24) is 0 Å². The Balaban J connectivity index is 1.65. The maximum absolute atomic E-state index is 5.74. The summed E-state index contributed by atoms with van der Waals surface area (Å²) in [5.41, 5.74) is 2.21. The Kier molecular flexibility index (Phi) is 4.62. The maximum Gasteiger partial charge on any atom is 0.222 e. The first-order valence-electron chi connectivity index (χ1n) is 7.18. The predicted molar refractivity (Wildman–Crippen MR) is 80.3 cm³/mol. The Hall–Kier alpha value is -2.88. The number of rotatable bonds is 6. The minimum Gasteiger partial charge on any atom is -0.267 e. The highest BCUT2D eigenvalue weighted by Crippen LogP contribution is 2.08. The Morgan fingerprint density at radius 3 is 1.36 bits per heavy atom. The van der Waals surface area contributed by atoms with Crippen LogP contribution in [0.1, 0.15) is 11.1 Å². The van der Waals surface area contributed by atoms with Gasteiger partial charge in [0.25, 0.3) is 0 Å². The van der Waals surface area contributed by atoms with E-state index in [-0.39, 0.29) is 0 Å². The first-order valence-corrected chi connectivity index (χ1v) is 7.18. The van der Waals surface area contributed by atoms with Gasteiger partial charge in [-0.25, -0.2) is 0 Å². The van der Waals surface area contributed by atoms with E-state index in [9.17, 15) is 0 Å². The van der Waals surface area contributed by atoms with Gasteiger partial charge in [0.2, 0.25) is 24.8 Å². The van der Waals surface area contributed by atoms with Gasteiger partial charge in [-0.3, -0.25) is 9.68 Å². The zero-order valence-electron chi connectivity index (χ0n) is 12.2. The molecule has 0 unspecified atom stereocenters. The van der Waals surface area contributed by atoms with Crippen LogP contribution < -0.4 is 19.1 Å². The van der Waals surface area contributed by atoms with E-state index in [2.05, 4.69) is 12.1 Å². The smallest absolute Gasteiger partial charge is 0.222 e. The molecule has 2 heterocycles. The van der Waals surface area contributed by atoms with Gasteiger partial charge in [-0.2, -0.15) is 0 Å². The molecular formula is C18H18N2O2+2. The van der Waals surface area contributed by atoms with Gasteiger partial charge < -0.3 is 0 Å². The molecule has 4 heteroatoms. The average Bonchev–Trinajstić information content (AvgIpc) is 2.61. The van der Waals surface area contributed by atoms with Crippen molar-refractivity contribution in [1.29, 1.82) is 0 Å². The second-order valence-corrected chi connectivity index (χ2v) is 4.79. The van der Waals surface area contributed by atoms with Crippen LogP contribution in [-0.2, 0) is 13.2 Å². The highest BCUT2D eigenvalue weighted by Gasteiger charge is 2.09. The molecule has 0 amide bonds. The fourth-order valence-corrected chi connectivity index (χ4v) is 2.07. The summed E-state index contributed by atoms with van der Waals surface area (Å²) >= 11 is 0. The maximum atomic E-state index is 5.74. The topological polar surface area (TPSA) is 26.2 Å². The molecule has 0 saturated carbocycles. The Morgan fingerprint density at radius 2 is 0.955 bits per heavy atom. The predicted octanol–water partition coefficient (Wildman–Crippen LogP) is 1.52. The summed E-state index contributed by atoms with van der Waals surface area (Å²) < 4.78 is 3.40. The highest BCUT2D eigenvalue weighted by molar-refractivity contribution is 5.25. The van der Waals surface area contributed by atoms with Crippen molar-refractivity contribution in [2.45, 2.75) is 13.2 Å². The summed E-state index contributed by atoms with van der Waals surface area (Å²) in [7, 11) is 0. The summed E-state index contributed by atoms with van der Waals surface area (Å²) in [6.07, 6.45) is 7.50. The molecule has 110 valence electrons. The quantitative estimate of drug-likeness (QED) is 0.644. The minimum atomic E-state index is 0.494. The molecule has 0 saturated heterocycles. The van der Waals surface area contributed by atoms with Crippen molar-refractivity contribution < 1.29 is 19.1 Å². The molecule has 0 aliphatic rings. The molecule has 0 bridgehead atoms. The van der Waals surface area contributed by atoms with Gasteiger partial charge >= 0.3 is 0 Å². The zero-order valence-corrected chi connectivity index (χ0v) is 12.2. The Morgan fingerprint density at radius 1 is 0.545 bits per heavy atom. The van der Waals surface area contributed by atoms with Crippen LogP contribution in [0.15, 0.2) is 85.5 Å². The molecule has 2 aromatic heterocycles. The third kappa shape index (κ3) is 3.82. The second-order valence-electron chi connectivity index (χ2n) is 4.79. The Labute approximate surface area is 129 Å². The fraction of sp³-hybridized carbons (Fsp3) is 0.111. The van der Waals surface area contributed by atoms with Crippen molar-refractivity contribution in [3.05, 3.63) is 96.6 Å². The van der Waals surface area contributed by atoms with Crippen molar-refractivity contribution in [3.8, 4) is 0 Å². The van der Waals surface area contributed by atoms with Crippen LogP contribution in [0.4, 0.5) is 0 Å². The molecule has 0 aliphatic heterocycles. The van der Waals surface area contributed by atoms with Gasteiger partial charge in [-0.05, 0) is 0 Å². The molecule has 1 aromatic carbocycles. The van der Waals surface area contributed by atoms with E-state index in [1.54, 1.807) is 9.46 Å². The van der Waals surface area contributed by atoms with Gasteiger partial charge in [0.05, 0.1) is 0 Å². The van der Waals surface area contributed by atoms with E-state index >= 15 is 0 Å². The van der Waals surface area contributed by atoms with Crippen LogP contribution in [0.2, 0.25) is 0 Å². The second kappa shape index (κ2) is 7.22. The number of pyridine rings is 2. The van der Waals surface area contributed by atoms with Gasteiger partial charge in [0, 0.05) is 44.9 Å². The molecule has 0 radical (unpaired) electrons. The van der Waals surface area contributed by atoms with Crippen LogP contribution in [0.3, 0.4) is 0 Å². The first kappa shape index (κ1) is 14.1. The third-order valence-corrected chi connectivity index (χ3v) is 3.23. The molecule has 22 heavy (non-hydrogen) atoms. The number of hydrogen-bond acceptors (Lipinski definition) is 2. The molecule has 0 N–H and O–H groups in total. The van der Waals surface area contributed by atoms with Gasteiger partial charge in [0.1, 0.15) is 0 Å². The van der Waals surface area contributed by atoms with Crippen molar-refractivity contribution in [2.75, 3.05) is 0 Å². The number of aromatic nitrogens is 2. The van der Waals surface area contributed by atoms with Crippen molar-refractivity contribution >= 4 is 0 Å². The van der Waals surface area contributed by atoms with Crippen molar-refractivity contribution in [2.24, 2.45) is 0 Å². The van der Waals surface area contributed by atoms with Crippen molar-refractivity contribution in [3.63, 3.8) is 0 Å². The van der Waals surface area contributed by atoms with Crippen LogP contribution in [0, 0.1) is 0 Å². The molecule has 3 rings (SSSR count). The van der Waals surface area contributed by atoms with E-state index in [0.717, 1.165) is 11.1 Å². The van der Waals surface area contributed by atoms with Crippen LogP contribution in [0.5, 0.6) is 0 Å². The number of nitrogens with zero attached hydrogens (tertiary/aromatic N) is 2. The average molecular weight is 294 g/mol. The lowest BCUT2D eigenvalue weighted by molar-refractivity contribution is -0.896. The number of hydrogen-bond donors (Lipinski definition) is 0.